The van der Waals surface area contributed by atoms with Crippen molar-refractivity contribution in [1.82, 2.24) is 10.3 Å². The summed E-state index contributed by atoms with van der Waals surface area (Å²) < 4.78 is 26.4. The van der Waals surface area contributed by atoms with Gasteiger partial charge in [-0.3, -0.25) is 9.10 Å². The van der Waals surface area contributed by atoms with Gasteiger partial charge in [-0.05, 0) is 61.3 Å². The largest absolute Gasteiger partial charge is 0.347 e. The monoisotopic (exact) mass is 526 g/mol. The normalized spacial score (nSPS) is 18.9. The van der Waals surface area contributed by atoms with Crippen LogP contribution in [0.15, 0.2) is 48.5 Å². The second-order valence-electron chi connectivity index (χ2n) is 10.3. The number of sulfonamides is 1. The minimum absolute atomic E-state index is 0.200. The Morgan fingerprint density at radius 2 is 1.92 bits per heavy atom. The standard InChI is InChI=1S/C29H42N4O3S/c1-5-7-13-26(30)27(18-22-11-9-8-10-12-22)32-29(34)24-19-25(15-14-23-17-21(23)3)31-28(20-24)33(16-6-2)37(4,35)36/h8-12,14-15,19-21,23,26-27H,5-7,13,16-18,30H2,1-4H3,(H,32,34)/b15-14-/t21?,23?,26-,27-/m0/s1. The number of nitrogens with zero attached hydrogens (tertiary/aromatic N) is 2. The Labute approximate surface area is 222 Å². The number of hydrogen-bond acceptors (Lipinski definition) is 5. The molecule has 1 aliphatic carbocycles. The molecule has 1 heterocycles. The highest BCUT2D eigenvalue weighted by atomic mass is 32.2. The molecule has 37 heavy (non-hydrogen) atoms. The zero-order valence-corrected chi connectivity index (χ0v) is 23.4. The smallest absolute Gasteiger partial charge is 0.251 e. The minimum atomic E-state index is -3.56. The summed E-state index contributed by atoms with van der Waals surface area (Å²) in [5, 5.41) is 3.16. The van der Waals surface area contributed by atoms with Crippen molar-refractivity contribution in [2.75, 3.05) is 17.1 Å². The number of carbonyl (C=O) groups is 1. The van der Waals surface area contributed by atoms with Crippen molar-refractivity contribution in [3.63, 3.8) is 0 Å². The quantitative estimate of drug-likeness (QED) is 0.368. The minimum Gasteiger partial charge on any atom is -0.347 e. The number of nitrogens with one attached hydrogen (secondary N) is 1. The van der Waals surface area contributed by atoms with E-state index in [1.165, 1.54) is 10.6 Å². The van der Waals surface area contributed by atoms with E-state index >= 15 is 0 Å². The zero-order valence-electron chi connectivity index (χ0n) is 22.6. The van der Waals surface area contributed by atoms with Gasteiger partial charge >= 0.3 is 0 Å². The van der Waals surface area contributed by atoms with Crippen LogP contribution in [0.25, 0.3) is 6.08 Å². The highest BCUT2D eigenvalue weighted by Crippen LogP contribution is 2.39. The van der Waals surface area contributed by atoms with Crippen LogP contribution >= 0.6 is 0 Å². The van der Waals surface area contributed by atoms with E-state index in [0.717, 1.165) is 31.2 Å². The van der Waals surface area contributed by atoms with Crippen molar-refractivity contribution < 1.29 is 13.2 Å². The van der Waals surface area contributed by atoms with Gasteiger partial charge < -0.3 is 11.1 Å². The number of amides is 1. The molecule has 0 aliphatic heterocycles. The first kappa shape index (κ1) is 28.9. The van der Waals surface area contributed by atoms with Crippen LogP contribution in [0.4, 0.5) is 5.82 Å². The molecule has 1 aromatic carbocycles. The molecule has 1 aliphatic rings. The van der Waals surface area contributed by atoms with Crippen LogP contribution in [-0.2, 0) is 16.4 Å². The Balaban J connectivity index is 1.93. The Kier molecular flexibility index (Phi) is 10.3. The summed E-state index contributed by atoms with van der Waals surface area (Å²) in [7, 11) is -3.56. The van der Waals surface area contributed by atoms with Crippen LogP contribution < -0.4 is 15.4 Å². The number of hydrogen-bond donors (Lipinski definition) is 2. The average Bonchev–Trinajstić information content (AvgIpc) is 3.58. The van der Waals surface area contributed by atoms with Gasteiger partial charge in [0.1, 0.15) is 5.82 Å². The molecular formula is C29H42N4O3S. The summed E-state index contributed by atoms with van der Waals surface area (Å²) >= 11 is 0. The van der Waals surface area contributed by atoms with Crippen LogP contribution in [0, 0.1) is 11.8 Å². The number of nitrogens with two attached hydrogens (primary N) is 1. The fourth-order valence-electron chi connectivity index (χ4n) is 4.45. The van der Waals surface area contributed by atoms with E-state index in [2.05, 4.69) is 30.2 Å². The lowest BCUT2D eigenvalue weighted by Crippen LogP contribution is -2.49. The summed E-state index contributed by atoms with van der Waals surface area (Å²) in [6.07, 6.45) is 10.4. The van der Waals surface area contributed by atoms with Gasteiger partial charge in [0.05, 0.1) is 11.9 Å². The lowest BCUT2D eigenvalue weighted by Gasteiger charge is -2.26. The fourth-order valence-corrected chi connectivity index (χ4v) is 5.39. The molecule has 1 amide bonds. The summed E-state index contributed by atoms with van der Waals surface area (Å²) in [5.74, 6) is 1.11. The molecule has 2 unspecified atom stereocenters. The Morgan fingerprint density at radius 1 is 1.22 bits per heavy atom. The molecule has 1 fully saturated rings. The molecular weight excluding hydrogens is 484 g/mol. The fraction of sp³-hybridized carbons (Fsp3) is 0.517. The van der Waals surface area contributed by atoms with E-state index < -0.39 is 10.0 Å². The van der Waals surface area contributed by atoms with Gasteiger partial charge in [0.25, 0.3) is 5.91 Å². The molecule has 2 aromatic rings. The van der Waals surface area contributed by atoms with E-state index in [9.17, 15) is 13.2 Å². The number of unbranched alkanes of at least 4 members (excludes halogenated alkanes) is 1. The molecule has 1 saturated carbocycles. The van der Waals surface area contributed by atoms with Crippen molar-refractivity contribution in [3.8, 4) is 0 Å². The van der Waals surface area contributed by atoms with Crippen molar-refractivity contribution >= 4 is 27.8 Å². The van der Waals surface area contributed by atoms with E-state index in [0.29, 0.717) is 35.9 Å². The summed E-state index contributed by atoms with van der Waals surface area (Å²) in [5.41, 5.74) is 8.60. The van der Waals surface area contributed by atoms with Crippen LogP contribution in [-0.4, -0.2) is 44.2 Å². The predicted molar refractivity (Wildman–Crippen MR) is 152 cm³/mol. The summed E-state index contributed by atoms with van der Waals surface area (Å²) in [6.45, 7) is 6.52. The number of pyridine rings is 1. The third kappa shape index (κ3) is 8.68. The Morgan fingerprint density at radius 3 is 2.51 bits per heavy atom. The van der Waals surface area contributed by atoms with Crippen molar-refractivity contribution in [1.29, 1.82) is 0 Å². The van der Waals surface area contributed by atoms with Gasteiger partial charge in [-0.1, -0.05) is 70.0 Å². The number of benzene rings is 1. The molecule has 7 nitrogen and oxygen atoms in total. The first-order valence-corrected chi connectivity index (χ1v) is 15.3. The van der Waals surface area contributed by atoms with Crippen LogP contribution in [0.2, 0.25) is 0 Å². The van der Waals surface area contributed by atoms with Gasteiger partial charge in [0.2, 0.25) is 10.0 Å². The number of aromatic nitrogens is 1. The van der Waals surface area contributed by atoms with Gasteiger partial charge in [0.15, 0.2) is 0 Å². The highest BCUT2D eigenvalue weighted by Gasteiger charge is 2.29. The lowest BCUT2D eigenvalue weighted by atomic mass is 9.95. The van der Waals surface area contributed by atoms with Crippen LogP contribution in [0.3, 0.4) is 0 Å². The summed E-state index contributed by atoms with van der Waals surface area (Å²) in [6, 6.07) is 12.8. The molecule has 3 N–H and O–H groups in total. The van der Waals surface area contributed by atoms with E-state index in [1.54, 1.807) is 12.1 Å². The van der Waals surface area contributed by atoms with Crippen molar-refractivity contribution in [3.05, 3.63) is 65.4 Å². The topological polar surface area (TPSA) is 105 Å². The molecule has 4 atom stereocenters. The number of anilines is 1. The molecule has 0 spiro atoms. The van der Waals surface area contributed by atoms with Crippen molar-refractivity contribution in [2.45, 2.75) is 71.4 Å². The molecule has 3 rings (SSSR count). The number of rotatable bonds is 14. The number of carbonyl (C=O) groups excluding carboxylic acids is 1. The van der Waals surface area contributed by atoms with E-state index in [1.807, 2.05) is 43.3 Å². The van der Waals surface area contributed by atoms with Crippen LogP contribution in [0.5, 0.6) is 0 Å². The van der Waals surface area contributed by atoms with Gasteiger partial charge in [-0.15, -0.1) is 0 Å². The van der Waals surface area contributed by atoms with E-state index in [4.69, 9.17) is 5.73 Å². The van der Waals surface area contributed by atoms with Gasteiger partial charge in [0, 0.05) is 24.2 Å². The zero-order chi connectivity index (χ0) is 27.0. The van der Waals surface area contributed by atoms with E-state index in [-0.39, 0.29) is 30.4 Å². The summed E-state index contributed by atoms with van der Waals surface area (Å²) in [4.78, 5) is 18.2. The maximum absolute atomic E-state index is 13.6. The second kappa shape index (κ2) is 13.2. The average molecular weight is 527 g/mol. The highest BCUT2D eigenvalue weighted by molar-refractivity contribution is 7.92. The molecule has 8 heteroatoms. The third-order valence-corrected chi connectivity index (χ3v) is 8.06. The molecule has 0 bridgehead atoms. The van der Waals surface area contributed by atoms with Crippen LogP contribution in [0.1, 0.15) is 74.5 Å². The first-order valence-electron chi connectivity index (χ1n) is 13.4. The SMILES string of the molecule is CCCC[C@H](N)[C@H](Cc1ccccc1)NC(=O)c1cc(/C=C\C2CC2C)nc(N(CCC)S(C)(=O)=O)c1. The Hall–Kier alpha value is -2.71. The first-order chi connectivity index (χ1) is 17.6. The maximum atomic E-state index is 13.6. The predicted octanol–water partition coefficient (Wildman–Crippen LogP) is 4.79. The second-order valence-corrected chi connectivity index (χ2v) is 12.2. The molecule has 0 radical (unpaired) electrons. The van der Waals surface area contributed by atoms with Gasteiger partial charge in [-0.25, -0.2) is 13.4 Å². The third-order valence-electron chi connectivity index (χ3n) is 6.89. The lowest BCUT2D eigenvalue weighted by molar-refractivity contribution is 0.0929. The molecule has 1 aromatic heterocycles. The van der Waals surface area contributed by atoms with Crippen molar-refractivity contribution in [2.24, 2.45) is 17.6 Å². The number of allylic oxidation sites excluding steroid dienone is 1. The Bertz CT molecular complexity index is 1170. The van der Waals surface area contributed by atoms with Gasteiger partial charge in [-0.2, -0.15) is 0 Å². The maximum Gasteiger partial charge on any atom is 0.251 e. The molecule has 0 saturated heterocycles. The molecule has 202 valence electrons.